The Bertz CT molecular complexity index is 363. The molecule has 0 spiro atoms. The summed E-state index contributed by atoms with van der Waals surface area (Å²) >= 11 is 0. The maximum absolute atomic E-state index is 4.50. The standard InChI is InChI=1S/C14H26N4/c1-6-8-12-13(15-5)16-10-17-14(12)18(7-2)9-11(3)4/h10-11H,6-9H2,1-5H3,(H,15,16,17). The molecule has 0 radical (unpaired) electrons. The van der Waals surface area contributed by atoms with E-state index in [-0.39, 0.29) is 0 Å². The van der Waals surface area contributed by atoms with Gasteiger partial charge in [-0.3, -0.25) is 0 Å². The molecule has 4 nitrogen and oxygen atoms in total. The molecule has 0 aliphatic carbocycles. The van der Waals surface area contributed by atoms with Gasteiger partial charge in [-0.2, -0.15) is 0 Å². The lowest BCUT2D eigenvalue weighted by molar-refractivity contribution is 0.611. The Kier molecular flexibility index (Phi) is 5.89. The van der Waals surface area contributed by atoms with Crippen molar-refractivity contribution in [1.29, 1.82) is 0 Å². The fourth-order valence-corrected chi connectivity index (χ4v) is 2.18. The maximum atomic E-state index is 4.50. The summed E-state index contributed by atoms with van der Waals surface area (Å²) in [5, 5.41) is 3.18. The van der Waals surface area contributed by atoms with E-state index in [0.29, 0.717) is 5.92 Å². The predicted octanol–water partition coefficient (Wildman–Crippen LogP) is 2.95. The number of nitrogens with one attached hydrogen (secondary N) is 1. The normalized spacial score (nSPS) is 10.8. The average molecular weight is 250 g/mol. The van der Waals surface area contributed by atoms with Gasteiger partial charge in [-0.05, 0) is 19.3 Å². The number of anilines is 2. The van der Waals surface area contributed by atoms with Gasteiger partial charge >= 0.3 is 0 Å². The molecule has 0 bridgehead atoms. The van der Waals surface area contributed by atoms with E-state index in [0.717, 1.165) is 37.6 Å². The highest BCUT2D eigenvalue weighted by Gasteiger charge is 2.15. The molecule has 0 unspecified atom stereocenters. The van der Waals surface area contributed by atoms with Crippen molar-refractivity contribution in [3.05, 3.63) is 11.9 Å². The fraction of sp³-hybridized carbons (Fsp3) is 0.714. The number of hydrogen-bond donors (Lipinski definition) is 1. The summed E-state index contributed by atoms with van der Waals surface area (Å²) in [6, 6.07) is 0. The SMILES string of the molecule is CCCc1c(NC)ncnc1N(CC)CC(C)C. The first-order valence-electron chi connectivity index (χ1n) is 6.90. The van der Waals surface area contributed by atoms with Crippen molar-refractivity contribution in [2.24, 2.45) is 5.92 Å². The summed E-state index contributed by atoms with van der Waals surface area (Å²) in [7, 11) is 1.92. The van der Waals surface area contributed by atoms with Crippen LogP contribution in [-0.4, -0.2) is 30.1 Å². The summed E-state index contributed by atoms with van der Waals surface area (Å²) in [5.41, 5.74) is 1.24. The first kappa shape index (κ1) is 14.7. The summed E-state index contributed by atoms with van der Waals surface area (Å²) < 4.78 is 0. The van der Waals surface area contributed by atoms with Crippen molar-refractivity contribution >= 4 is 11.6 Å². The van der Waals surface area contributed by atoms with E-state index in [1.165, 1.54) is 5.56 Å². The quantitative estimate of drug-likeness (QED) is 0.808. The second-order valence-electron chi connectivity index (χ2n) is 4.96. The molecular formula is C14H26N4. The molecule has 0 saturated carbocycles. The highest BCUT2D eigenvalue weighted by molar-refractivity contribution is 5.58. The minimum Gasteiger partial charge on any atom is -0.373 e. The molecule has 1 rings (SSSR count). The Morgan fingerprint density at radius 3 is 2.50 bits per heavy atom. The molecule has 0 saturated heterocycles. The van der Waals surface area contributed by atoms with Gasteiger partial charge in [-0.15, -0.1) is 0 Å². The van der Waals surface area contributed by atoms with Crippen LogP contribution < -0.4 is 10.2 Å². The Labute approximate surface area is 111 Å². The highest BCUT2D eigenvalue weighted by Crippen LogP contribution is 2.25. The summed E-state index contributed by atoms with van der Waals surface area (Å²) in [5.74, 6) is 2.68. The summed E-state index contributed by atoms with van der Waals surface area (Å²) in [6.45, 7) is 10.9. The van der Waals surface area contributed by atoms with E-state index in [9.17, 15) is 0 Å². The first-order valence-corrected chi connectivity index (χ1v) is 6.90. The van der Waals surface area contributed by atoms with Crippen molar-refractivity contribution in [1.82, 2.24) is 9.97 Å². The molecule has 0 amide bonds. The molecule has 0 aliphatic rings. The van der Waals surface area contributed by atoms with Crippen LogP contribution >= 0.6 is 0 Å². The van der Waals surface area contributed by atoms with Crippen molar-refractivity contribution in [3.8, 4) is 0 Å². The molecule has 1 aromatic heterocycles. The van der Waals surface area contributed by atoms with Crippen LogP contribution in [-0.2, 0) is 6.42 Å². The zero-order valence-corrected chi connectivity index (χ0v) is 12.3. The lowest BCUT2D eigenvalue weighted by Crippen LogP contribution is -2.29. The monoisotopic (exact) mass is 250 g/mol. The Morgan fingerprint density at radius 1 is 1.28 bits per heavy atom. The average Bonchev–Trinajstić information content (AvgIpc) is 2.36. The third kappa shape index (κ3) is 3.59. The predicted molar refractivity (Wildman–Crippen MR) is 78.3 cm³/mol. The van der Waals surface area contributed by atoms with E-state index in [1.54, 1.807) is 6.33 Å². The van der Waals surface area contributed by atoms with E-state index in [1.807, 2.05) is 7.05 Å². The van der Waals surface area contributed by atoms with Crippen molar-refractivity contribution in [3.63, 3.8) is 0 Å². The summed E-state index contributed by atoms with van der Waals surface area (Å²) in [6.07, 6.45) is 3.78. The minimum atomic E-state index is 0.632. The van der Waals surface area contributed by atoms with E-state index < -0.39 is 0 Å². The fourth-order valence-electron chi connectivity index (χ4n) is 2.18. The van der Waals surface area contributed by atoms with E-state index in [4.69, 9.17) is 0 Å². The molecule has 0 atom stereocenters. The van der Waals surface area contributed by atoms with Gasteiger partial charge in [0.15, 0.2) is 0 Å². The van der Waals surface area contributed by atoms with Crippen LogP contribution in [0, 0.1) is 5.92 Å². The second kappa shape index (κ2) is 7.19. The molecule has 4 heteroatoms. The van der Waals surface area contributed by atoms with Gasteiger partial charge < -0.3 is 10.2 Å². The van der Waals surface area contributed by atoms with Crippen LogP contribution in [0.25, 0.3) is 0 Å². The molecular weight excluding hydrogens is 224 g/mol. The third-order valence-electron chi connectivity index (χ3n) is 2.93. The molecule has 102 valence electrons. The molecule has 1 heterocycles. The Hall–Kier alpha value is -1.32. The molecule has 0 aliphatic heterocycles. The zero-order valence-electron chi connectivity index (χ0n) is 12.3. The summed E-state index contributed by atoms with van der Waals surface area (Å²) in [4.78, 5) is 11.2. The van der Waals surface area contributed by atoms with Crippen LogP contribution in [0.1, 0.15) is 39.7 Å². The number of hydrogen-bond acceptors (Lipinski definition) is 4. The van der Waals surface area contributed by atoms with Gasteiger partial charge in [0.05, 0.1) is 0 Å². The first-order chi connectivity index (χ1) is 8.63. The van der Waals surface area contributed by atoms with Crippen LogP contribution in [0.15, 0.2) is 6.33 Å². The van der Waals surface area contributed by atoms with Crippen LogP contribution in [0.3, 0.4) is 0 Å². The lowest BCUT2D eigenvalue weighted by atomic mass is 10.1. The largest absolute Gasteiger partial charge is 0.373 e. The van der Waals surface area contributed by atoms with Crippen molar-refractivity contribution < 1.29 is 0 Å². The van der Waals surface area contributed by atoms with Gasteiger partial charge in [0.1, 0.15) is 18.0 Å². The number of nitrogens with zero attached hydrogens (tertiary/aromatic N) is 3. The zero-order chi connectivity index (χ0) is 13.5. The van der Waals surface area contributed by atoms with E-state index >= 15 is 0 Å². The molecule has 1 aromatic rings. The van der Waals surface area contributed by atoms with Gasteiger partial charge in [-0.1, -0.05) is 27.2 Å². The highest BCUT2D eigenvalue weighted by atomic mass is 15.2. The van der Waals surface area contributed by atoms with Gasteiger partial charge in [0.25, 0.3) is 0 Å². The van der Waals surface area contributed by atoms with Crippen LogP contribution in [0.5, 0.6) is 0 Å². The number of rotatable bonds is 7. The topological polar surface area (TPSA) is 41.1 Å². The van der Waals surface area contributed by atoms with Gasteiger partial charge in [-0.25, -0.2) is 9.97 Å². The van der Waals surface area contributed by atoms with E-state index in [2.05, 4.69) is 47.9 Å². The van der Waals surface area contributed by atoms with Crippen LogP contribution in [0.4, 0.5) is 11.6 Å². The minimum absolute atomic E-state index is 0.632. The third-order valence-corrected chi connectivity index (χ3v) is 2.93. The molecule has 1 N–H and O–H groups in total. The lowest BCUT2D eigenvalue weighted by Gasteiger charge is -2.26. The Balaban J connectivity index is 3.11. The molecule has 0 aromatic carbocycles. The van der Waals surface area contributed by atoms with Gasteiger partial charge in [0, 0.05) is 25.7 Å². The second-order valence-corrected chi connectivity index (χ2v) is 4.96. The smallest absolute Gasteiger partial charge is 0.137 e. The van der Waals surface area contributed by atoms with Crippen molar-refractivity contribution in [2.75, 3.05) is 30.4 Å². The van der Waals surface area contributed by atoms with Gasteiger partial charge in [0.2, 0.25) is 0 Å². The molecule has 18 heavy (non-hydrogen) atoms. The van der Waals surface area contributed by atoms with Crippen LogP contribution in [0.2, 0.25) is 0 Å². The Morgan fingerprint density at radius 2 is 2.00 bits per heavy atom. The van der Waals surface area contributed by atoms with Crippen molar-refractivity contribution in [2.45, 2.75) is 40.5 Å². The maximum Gasteiger partial charge on any atom is 0.137 e. The molecule has 0 fully saturated rings. The number of aromatic nitrogens is 2.